The average Bonchev–Trinajstić information content (AvgIpc) is 3.08. The Hall–Kier alpha value is -2.57. The van der Waals surface area contributed by atoms with Crippen molar-refractivity contribution in [3.8, 4) is 5.75 Å². The fraction of sp³-hybridized carbons (Fsp3) is 0.471. The quantitative estimate of drug-likeness (QED) is 0.773. The fourth-order valence-corrected chi connectivity index (χ4v) is 3.45. The van der Waals surface area contributed by atoms with Crippen LogP contribution in [0, 0.1) is 13.8 Å². The molecule has 1 atom stereocenters. The van der Waals surface area contributed by atoms with E-state index < -0.39 is 0 Å². The minimum absolute atomic E-state index is 0.0429. The summed E-state index contributed by atoms with van der Waals surface area (Å²) in [6, 6.07) is 4.06. The van der Waals surface area contributed by atoms with Crippen molar-refractivity contribution in [3.63, 3.8) is 0 Å². The first kappa shape index (κ1) is 15.0. The topological polar surface area (TPSA) is 69.4 Å². The zero-order chi connectivity index (χ0) is 17.0. The summed E-state index contributed by atoms with van der Waals surface area (Å²) in [4.78, 5) is 26.7. The van der Waals surface area contributed by atoms with Gasteiger partial charge in [0.2, 0.25) is 5.91 Å². The Morgan fingerprint density at radius 1 is 1.25 bits per heavy atom. The Morgan fingerprint density at radius 3 is 2.79 bits per heavy atom. The molecule has 7 nitrogen and oxygen atoms in total. The normalized spacial score (nSPS) is 19.0. The van der Waals surface area contributed by atoms with Gasteiger partial charge in [-0.3, -0.25) is 9.36 Å². The number of aromatic nitrogens is 3. The number of aryl methyl sites for hydroxylation is 3. The first-order chi connectivity index (χ1) is 11.5. The van der Waals surface area contributed by atoms with Crippen LogP contribution < -0.4 is 10.4 Å². The number of fused-ring (bicyclic) bond motifs is 2. The molecule has 1 aromatic heterocycles. The summed E-state index contributed by atoms with van der Waals surface area (Å²) in [6.07, 6.45) is 0. The minimum atomic E-state index is -0.277. The van der Waals surface area contributed by atoms with Gasteiger partial charge in [-0.15, -0.1) is 0 Å². The molecule has 0 saturated heterocycles. The predicted molar refractivity (Wildman–Crippen MR) is 87.0 cm³/mol. The largest absolute Gasteiger partial charge is 0.492 e. The summed E-state index contributed by atoms with van der Waals surface area (Å²) >= 11 is 0. The van der Waals surface area contributed by atoms with Crippen LogP contribution in [0.4, 0.5) is 0 Å². The maximum absolute atomic E-state index is 13.0. The zero-order valence-electron chi connectivity index (χ0n) is 14.1. The Kier molecular flexibility index (Phi) is 3.26. The van der Waals surface area contributed by atoms with Crippen LogP contribution >= 0.6 is 0 Å². The number of carbonyl (C=O) groups excluding carboxylic acids is 1. The van der Waals surface area contributed by atoms with Crippen LogP contribution in [-0.2, 0) is 24.9 Å². The number of nitrogens with zero attached hydrogens (tertiary/aromatic N) is 4. The van der Waals surface area contributed by atoms with E-state index in [1.54, 1.807) is 16.5 Å². The van der Waals surface area contributed by atoms with Gasteiger partial charge in [0.05, 0.1) is 6.54 Å². The molecule has 0 bridgehead atoms. The lowest BCUT2D eigenvalue weighted by Crippen LogP contribution is -2.43. The van der Waals surface area contributed by atoms with Gasteiger partial charge >= 0.3 is 5.69 Å². The van der Waals surface area contributed by atoms with Crippen LogP contribution in [0.1, 0.15) is 28.4 Å². The molecule has 2 aliphatic heterocycles. The van der Waals surface area contributed by atoms with E-state index in [1.165, 1.54) is 4.68 Å². The van der Waals surface area contributed by atoms with Crippen LogP contribution in [0.5, 0.6) is 5.75 Å². The van der Waals surface area contributed by atoms with E-state index in [2.05, 4.69) is 11.2 Å². The number of rotatable bonds is 1. The average molecular weight is 328 g/mol. The lowest BCUT2D eigenvalue weighted by Gasteiger charge is -2.28. The van der Waals surface area contributed by atoms with Gasteiger partial charge in [0.25, 0.3) is 0 Å². The van der Waals surface area contributed by atoms with Gasteiger partial charge in [-0.25, -0.2) is 9.48 Å². The van der Waals surface area contributed by atoms with Crippen molar-refractivity contribution in [3.05, 3.63) is 45.1 Å². The maximum Gasteiger partial charge on any atom is 0.345 e. The van der Waals surface area contributed by atoms with Gasteiger partial charge < -0.3 is 9.64 Å². The summed E-state index contributed by atoms with van der Waals surface area (Å²) < 4.78 is 8.69. The van der Waals surface area contributed by atoms with Gasteiger partial charge in [-0.2, -0.15) is 5.10 Å². The summed E-state index contributed by atoms with van der Waals surface area (Å²) in [6.45, 7) is 5.84. The third kappa shape index (κ3) is 2.15. The maximum atomic E-state index is 13.0. The zero-order valence-corrected chi connectivity index (χ0v) is 14.1. The summed E-state index contributed by atoms with van der Waals surface area (Å²) in [5.41, 5.74) is 3.16. The number of benzene rings is 1. The molecule has 0 radical (unpaired) electrons. The van der Waals surface area contributed by atoms with Crippen molar-refractivity contribution in [2.45, 2.75) is 32.9 Å². The van der Waals surface area contributed by atoms with Crippen LogP contribution in [0.25, 0.3) is 0 Å². The van der Waals surface area contributed by atoms with Gasteiger partial charge in [0.15, 0.2) is 5.82 Å². The highest BCUT2D eigenvalue weighted by Crippen LogP contribution is 2.37. The molecule has 126 valence electrons. The Morgan fingerprint density at radius 2 is 2.00 bits per heavy atom. The Labute approximate surface area is 139 Å². The molecule has 24 heavy (non-hydrogen) atoms. The highest BCUT2D eigenvalue weighted by molar-refractivity contribution is 5.85. The van der Waals surface area contributed by atoms with Gasteiger partial charge in [0.1, 0.15) is 18.3 Å². The number of hydrogen-bond acceptors (Lipinski definition) is 4. The smallest absolute Gasteiger partial charge is 0.345 e. The van der Waals surface area contributed by atoms with Crippen molar-refractivity contribution in [1.29, 1.82) is 0 Å². The highest BCUT2D eigenvalue weighted by atomic mass is 16.5. The summed E-state index contributed by atoms with van der Waals surface area (Å²) in [5.74, 6) is 1.21. The van der Waals surface area contributed by atoms with E-state index in [-0.39, 0.29) is 17.5 Å². The molecule has 2 aliphatic rings. The lowest BCUT2D eigenvalue weighted by molar-refractivity contribution is -0.134. The van der Waals surface area contributed by atoms with Crippen molar-refractivity contribution in [1.82, 2.24) is 19.2 Å². The predicted octanol–water partition coefficient (Wildman–Crippen LogP) is 0.717. The molecule has 7 heteroatoms. The van der Waals surface area contributed by atoms with Gasteiger partial charge in [-0.1, -0.05) is 6.07 Å². The molecule has 4 rings (SSSR count). The molecule has 0 spiro atoms. The molecule has 0 fully saturated rings. The van der Waals surface area contributed by atoms with Gasteiger partial charge in [0, 0.05) is 25.7 Å². The van der Waals surface area contributed by atoms with E-state index in [9.17, 15) is 9.59 Å². The molecule has 1 unspecified atom stereocenters. The molecule has 2 aromatic rings. The van der Waals surface area contributed by atoms with Crippen LogP contribution in [0.2, 0.25) is 0 Å². The second kappa shape index (κ2) is 5.22. The molecule has 0 N–H and O–H groups in total. The molecule has 0 aliphatic carbocycles. The molecule has 3 heterocycles. The Bertz CT molecular complexity index is 896. The lowest BCUT2D eigenvalue weighted by atomic mass is 9.96. The summed E-state index contributed by atoms with van der Waals surface area (Å²) in [5, 5.41) is 4.22. The van der Waals surface area contributed by atoms with E-state index >= 15 is 0 Å². The molecular formula is C17H20N4O3. The Balaban J connectivity index is 1.61. The minimum Gasteiger partial charge on any atom is -0.492 e. The third-order valence-electron chi connectivity index (χ3n) is 5.03. The highest BCUT2D eigenvalue weighted by Gasteiger charge is 2.35. The van der Waals surface area contributed by atoms with E-state index in [0.29, 0.717) is 32.1 Å². The van der Waals surface area contributed by atoms with Crippen molar-refractivity contribution in [2.75, 3.05) is 13.2 Å². The number of hydrogen-bond donors (Lipinski definition) is 0. The molecular weight excluding hydrogens is 308 g/mol. The molecule has 1 aromatic carbocycles. The van der Waals surface area contributed by atoms with Crippen LogP contribution in [0.15, 0.2) is 16.9 Å². The van der Waals surface area contributed by atoms with Crippen molar-refractivity contribution < 1.29 is 9.53 Å². The fourth-order valence-electron chi connectivity index (χ4n) is 3.45. The summed E-state index contributed by atoms with van der Waals surface area (Å²) in [7, 11) is 1.63. The van der Waals surface area contributed by atoms with E-state index in [4.69, 9.17) is 4.74 Å². The van der Waals surface area contributed by atoms with Crippen LogP contribution in [0.3, 0.4) is 0 Å². The number of ether oxygens (including phenoxy) is 1. The SMILES string of the molecule is Cc1cc2c(cc1C)C(C(=O)N1CCn3c(nn(C)c3=O)C1)CO2. The monoisotopic (exact) mass is 328 g/mol. The first-order valence-electron chi connectivity index (χ1n) is 8.11. The van der Waals surface area contributed by atoms with Crippen molar-refractivity contribution >= 4 is 5.91 Å². The molecule has 0 saturated carbocycles. The van der Waals surface area contributed by atoms with E-state index in [0.717, 1.165) is 22.4 Å². The second-order valence-corrected chi connectivity index (χ2v) is 6.57. The van der Waals surface area contributed by atoms with E-state index in [1.807, 2.05) is 19.9 Å². The first-order valence-corrected chi connectivity index (χ1v) is 8.11. The number of carbonyl (C=O) groups is 1. The number of amides is 1. The third-order valence-corrected chi connectivity index (χ3v) is 5.03. The molecule has 1 amide bonds. The van der Waals surface area contributed by atoms with Gasteiger partial charge in [-0.05, 0) is 31.0 Å². The van der Waals surface area contributed by atoms with Crippen molar-refractivity contribution in [2.24, 2.45) is 7.05 Å². The van der Waals surface area contributed by atoms with Crippen LogP contribution in [-0.4, -0.2) is 38.3 Å². The standard InChI is InChI=1S/C17H20N4O3/c1-10-6-12-13(9-24-14(12)7-11(10)2)16(22)20-4-5-21-15(8-20)18-19(3)17(21)23/h6-7,13H,4-5,8-9H2,1-3H3. The second-order valence-electron chi connectivity index (χ2n) is 6.57.